The molecule has 10 heteroatoms. The smallest absolute Gasteiger partial charge is 0.244 e. The minimum Gasteiger partial charge on any atom is -0.339 e. The lowest BCUT2D eigenvalue weighted by Crippen LogP contribution is -2.51. The molecule has 0 bridgehead atoms. The van der Waals surface area contributed by atoms with Crippen LogP contribution in [0.3, 0.4) is 0 Å². The van der Waals surface area contributed by atoms with Gasteiger partial charge in [-0.15, -0.1) is 11.8 Å². The molecule has 2 aromatic rings. The van der Waals surface area contributed by atoms with Crippen LogP contribution < -0.4 is 0 Å². The molecule has 0 aliphatic carbocycles. The summed E-state index contributed by atoms with van der Waals surface area (Å²) in [5, 5.41) is 8.63. The Bertz CT molecular complexity index is 1090. The summed E-state index contributed by atoms with van der Waals surface area (Å²) in [7, 11) is -3.84. The Balaban J connectivity index is 1.58. The van der Waals surface area contributed by atoms with Gasteiger partial charge >= 0.3 is 0 Å². The van der Waals surface area contributed by atoms with Crippen molar-refractivity contribution in [3.05, 3.63) is 65.2 Å². The molecular weight excluding hydrogens is 444 g/mol. The molecule has 6 nitrogen and oxygen atoms in total. The molecule has 1 atom stereocenters. The number of nitrogens with zero attached hydrogens (tertiary/aromatic N) is 3. The van der Waals surface area contributed by atoms with Gasteiger partial charge in [0.15, 0.2) is 0 Å². The fourth-order valence-electron chi connectivity index (χ4n) is 3.37. The van der Waals surface area contributed by atoms with E-state index in [0.29, 0.717) is 0 Å². The molecule has 1 aliphatic rings. The van der Waals surface area contributed by atoms with Gasteiger partial charge in [-0.2, -0.15) is 9.57 Å². The fraction of sp³-hybridized carbons (Fsp3) is 0.333. The zero-order valence-electron chi connectivity index (χ0n) is 16.8. The normalized spacial score (nSPS) is 16.0. The molecule has 0 aromatic heterocycles. The minimum atomic E-state index is -3.84. The lowest BCUT2D eigenvalue weighted by molar-refractivity contribution is -0.129. The van der Waals surface area contributed by atoms with Crippen LogP contribution in [0, 0.1) is 23.0 Å². The van der Waals surface area contributed by atoms with E-state index in [-0.39, 0.29) is 53.9 Å². The fourth-order valence-corrected chi connectivity index (χ4v) is 5.90. The first-order valence-electron chi connectivity index (χ1n) is 9.58. The third kappa shape index (κ3) is 5.06. The van der Waals surface area contributed by atoms with Crippen molar-refractivity contribution < 1.29 is 22.0 Å². The molecule has 1 unspecified atom stereocenters. The van der Waals surface area contributed by atoms with Gasteiger partial charge in [-0.05, 0) is 31.2 Å². The van der Waals surface area contributed by atoms with E-state index in [1.54, 1.807) is 24.0 Å². The average Bonchev–Trinajstić information content (AvgIpc) is 2.77. The zero-order valence-corrected chi connectivity index (χ0v) is 18.4. The standard InChI is InChI=1S/C21H21F2N3O3S2/c1-15(21-17(22)6-4-7-18(21)23)30-14-20(27)25-9-11-26(12-10-25)31(28,29)19-8-3-2-5-16(19)13-24/h2-8,15H,9-12,14H2,1H3. The van der Waals surface area contributed by atoms with E-state index < -0.39 is 26.9 Å². The van der Waals surface area contributed by atoms with Gasteiger partial charge in [0.05, 0.1) is 16.2 Å². The summed E-state index contributed by atoms with van der Waals surface area (Å²) in [5.74, 6) is -1.49. The molecule has 0 saturated carbocycles. The number of amides is 1. The number of carbonyl (C=O) groups excluding carboxylic acids is 1. The molecule has 1 heterocycles. The number of thioether (sulfide) groups is 1. The second-order valence-corrected chi connectivity index (χ2v) is 10.2. The van der Waals surface area contributed by atoms with Crippen molar-refractivity contribution in [2.24, 2.45) is 0 Å². The number of hydrogen-bond donors (Lipinski definition) is 0. The summed E-state index contributed by atoms with van der Waals surface area (Å²) in [4.78, 5) is 14.0. The lowest BCUT2D eigenvalue weighted by atomic mass is 10.1. The van der Waals surface area contributed by atoms with Crippen LogP contribution >= 0.6 is 11.8 Å². The third-order valence-electron chi connectivity index (χ3n) is 5.08. The van der Waals surface area contributed by atoms with Gasteiger partial charge in [0.1, 0.15) is 17.7 Å². The van der Waals surface area contributed by atoms with Crippen LogP contribution in [0.2, 0.25) is 0 Å². The second-order valence-electron chi connectivity index (χ2n) is 6.98. The highest BCUT2D eigenvalue weighted by Crippen LogP contribution is 2.32. The molecule has 0 radical (unpaired) electrons. The summed E-state index contributed by atoms with van der Waals surface area (Å²) < 4.78 is 54.8. The maximum absolute atomic E-state index is 13.9. The number of carbonyl (C=O) groups is 1. The van der Waals surface area contributed by atoms with Crippen molar-refractivity contribution in [1.29, 1.82) is 5.26 Å². The molecule has 31 heavy (non-hydrogen) atoms. The van der Waals surface area contributed by atoms with Gasteiger partial charge in [0.2, 0.25) is 15.9 Å². The summed E-state index contributed by atoms with van der Waals surface area (Å²) >= 11 is 1.13. The number of sulfonamides is 1. The van der Waals surface area contributed by atoms with Gasteiger partial charge in [0.25, 0.3) is 0 Å². The first-order chi connectivity index (χ1) is 14.8. The highest BCUT2D eigenvalue weighted by molar-refractivity contribution is 8.00. The van der Waals surface area contributed by atoms with E-state index in [1.807, 2.05) is 6.07 Å². The maximum atomic E-state index is 13.9. The van der Waals surface area contributed by atoms with Crippen molar-refractivity contribution in [2.45, 2.75) is 17.1 Å². The molecule has 1 fully saturated rings. The maximum Gasteiger partial charge on any atom is 0.244 e. The predicted molar refractivity (Wildman–Crippen MR) is 114 cm³/mol. The van der Waals surface area contributed by atoms with Gasteiger partial charge in [-0.3, -0.25) is 4.79 Å². The van der Waals surface area contributed by atoms with Crippen LogP contribution in [0.15, 0.2) is 47.4 Å². The monoisotopic (exact) mass is 465 g/mol. The molecule has 1 amide bonds. The molecular formula is C21H21F2N3O3S2. The number of halogens is 2. The minimum absolute atomic E-state index is 0.0267. The van der Waals surface area contributed by atoms with Gasteiger partial charge < -0.3 is 4.90 Å². The molecule has 0 spiro atoms. The van der Waals surface area contributed by atoms with Crippen molar-refractivity contribution >= 4 is 27.7 Å². The van der Waals surface area contributed by atoms with Gasteiger partial charge in [-0.1, -0.05) is 18.2 Å². The van der Waals surface area contributed by atoms with Gasteiger partial charge in [-0.25, -0.2) is 17.2 Å². The average molecular weight is 466 g/mol. The van der Waals surface area contributed by atoms with E-state index in [2.05, 4.69) is 0 Å². The van der Waals surface area contributed by atoms with Crippen LogP contribution in [0.25, 0.3) is 0 Å². The summed E-state index contributed by atoms with van der Waals surface area (Å²) in [6, 6.07) is 11.5. The van der Waals surface area contributed by atoms with Crippen LogP contribution in [-0.4, -0.2) is 55.5 Å². The lowest BCUT2D eigenvalue weighted by Gasteiger charge is -2.34. The number of benzene rings is 2. The van der Waals surface area contributed by atoms with Crippen molar-refractivity contribution in [3.8, 4) is 6.07 Å². The topological polar surface area (TPSA) is 81.5 Å². The first-order valence-corrected chi connectivity index (χ1v) is 12.1. The number of rotatable bonds is 6. The quantitative estimate of drug-likeness (QED) is 0.655. The molecule has 0 N–H and O–H groups in total. The number of piperazine rings is 1. The van der Waals surface area contributed by atoms with Gasteiger partial charge in [0, 0.05) is 37.0 Å². The zero-order chi connectivity index (χ0) is 22.6. The Morgan fingerprint density at radius 3 is 2.32 bits per heavy atom. The molecule has 2 aromatic carbocycles. The first kappa shape index (κ1) is 23.2. The highest BCUT2D eigenvalue weighted by Gasteiger charge is 2.31. The highest BCUT2D eigenvalue weighted by atomic mass is 32.2. The van der Waals surface area contributed by atoms with Crippen LogP contribution in [0.5, 0.6) is 0 Å². The summed E-state index contributed by atoms with van der Waals surface area (Å²) in [5.41, 5.74) is 0.0131. The molecule has 1 aliphatic heterocycles. The van der Waals surface area contributed by atoms with Crippen molar-refractivity contribution in [3.63, 3.8) is 0 Å². The van der Waals surface area contributed by atoms with E-state index in [0.717, 1.165) is 11.8 Å². The third-order valence-corrected chi connectivity index (χ3v) is 8.19. The molecule has 1 saturated heterocycles. The SMILES string of the molecule is CC(SCC(=O)N1CCN(S(=O)(=O)c2ccccc2C#N)CC1)c1c(F)cccc1F. The Hall–Kier alpha value is -2.48. The Labute approximate surface area is 184 Å². The predicted octanol–water partition coefficient (Wildman–Crippen LogP) is 3.16. The van der Waals surface area contributed by atoms with Crippen LogP contribution in [-0.2, 0) is 14.8 Å². The summed E-state index contributed by atoms with van der Waals surface area (Å²) in [6.45, 7) is 2.26. The van der Waals surface area contributed by atoms with Crippen LogP contribution in [0.1, 0.15) is 23.3 Å². The Kier molecular flexibility index (Phi) is 7.30. The number of hydrogen-bond acceptors (Lipinski definition) is 5. The van der Waals surface area contributed by atoms with Crippen molar-refractivity contribution in [2.75, 3.05) is 31.9 Å². The van der Waals surface area contributed by atoms with Crippen LogP contribution in [0.4, 0.5) is 8.78 Å². The largest absolute Gasteiger partial charge is 0.339 e. The van der Waals surface area contributed by atoms with E-state index in [4.69, 9.17) is 0 Å². The molecule has 164 valence electrons. The van der Waals surface area contributed by atoms with Crippen molar-refractivity contribution in [1.82, 2.24) is 9.21 Å². The number of nitriles is 1. The summed E-state index contributed by atoms with van der Waals surface area (Å²) in [6.07, 6.45) is 0. The second kappa shape index (κ2) is 9.77. The van der Waals surface area contributed by atoms with E-state index in [9.17, 15) is 27.3 Å². The molecule has 3 rings (SSSR count). The van der Waals surface area contributed by atoms with E-state index >= 15 is 0 Å². The van der Waals surface area contributed by atoms with E-state index in [1.165, 1.54) is 34.6 Å². The Morgan fingerprint density at radius 1 is 1.10 bits per heavy atom. The Morgan fingerprint density at radius 2 is 1.71 bits per heavy atom.